The third kappa shape index (κ3) is 4.92. The van der Waals surface area contributed by atoms with Crippen LogP contribution >= 0.6 is 0 Å². The molecule has 1 N–H and O–H groups in total. The lowest BCUT2D eigenvalue weighted by molar-refractivity contribution is 0.569. The number of hydrogen-bond donors (Lipinski definition) is 1. The van der Waals surface area contributed by atoms with E-state index in [1.807, 2.05) is 26.0 Å². The van der Waals surface area contributed by atoms with Crippen molar-refractivity contribution >= 4 is 18.1 Å². The number of rotatable bonds is 5. The third-order valence-electron chi connectivity index (χ3n) is 2.61. The SMILES string of the molecule is Cc1ccc(S(=O)(=O)NC(C)C[Si](C)(C)C)cc1. The number of nitrogens with one attached hydrogen (secondary N) is 1. The van der Waals surface area contributed by atoms with Gasteiger partial charge in [-0.2, -0.15) is 0 Å². The van der Waals surface area contributed by atoms with Gasteiger partial charge in [0.25, 0.3) is 0 Å². The fourth-order valence-electron chi connectivity index (χ4n) is 2.01. The molecular formula is C13H23NO2SSi. The first kappa shape index (κ1) is 15.4. The highest BCUT2D eigenvalue weighted by Gasteiger charge is 2.22. The molecule has 0 bridgehead atoms. The van der Waals surface area contributed by atoms with Crippen molar-refractivity contribution in [1.29, 1.82) is 0 Å². The van der Waals surface area contributed by atoms with Crippen molar-refractivity contribution in [1.82, 2.24) is 4.72 Å². The number of hydrogen-bond acceptors (Lipinski definition) is 2. The first-order chi connectivity index (χ1) is 8.10. The van der Waals surface area contributed by atoms with E-state index in [0.717, 1.165) is 11.6 Å². The number of benzene rings is 1. The molecule has 0 spiro atoms. The third-order valence-corrected chi connectivity index (χ3v) is 6.05. The normalized spacial score (nSPS) is 14.5. The maximum Gasteiger partial charge on any atom is 0.240 e. The Morgan fingerprint density at radius 1 is 1.17 bits per heavy atom. The van der Waals surface area contributed by atoms with E-state index >= 15 is 0 Å². The monoisotopic (exact) mass is 285 g/mol. The molecule has 1 unspecified atom stereocenters. The Labute approximate surface area is 112 Å². The Kier molecular flexibility index (Phi) is 4.75. The van der Waals surface area contributed by atoms with Crippen molar-refractivity contribution in [2.45, 2.75) is 50.5 Å². The minimum absolute atomic E-state index is 0.0111. The van der Waals surface area contributed by atoms with Gasteiger partial charge >= 0.3 is 0 Å². The van der Waals surface area contributed by atoms with Gasteiger partial charge in [0.05, 0.1) is 4.90 Å². The predicted octanol–water partition coefficient (Wildman–Crippen LogP) is 3.00. The summed E-state index contributed by atoms with van der Waals surface area (Å²) in [4.78, 5) is 0.343. The maximum atomic E-state index is 12.1. The first-order valence-electron chi connectivity index (χ1n) is 6.19. The molecule has 1 aromatic rings. The molecule has 0 aliphatic rings. The van der Waals surface area contributed by atoms with E-state index in [-0.39, 0.29) is 6.04 Å². The van der Waals surface area contributed by atoms with Crippen LogP contribution in [-0.4, -0.2) is 22.5 Å². The summed E-state index contributed by atoms with van der Waals surface area (Å²) in [7, 11) is -4.63. The predicted molar refractivity (Wildman–Crippen MR) is 79.1 cm³/mol. The molecule has 0 aromatic heterocycles. The Morgan fingerprint density at radius 2 is 1.67 bits per heavy atom. The van der Waals surface area contributed by atoms with Crippen LogP contribution in [-0.2, 0) is 10.0 Å². The molecule has 1 rings (SSSR count). The molecule has 0 fully saturated rings. The van der Waals surface area contributed by atoms with E-state index < -0.39 is 18.1 Å². The van der Waals surface area contributed by atoms with Gasteiger partial charge in [-0.3, -0.25) is 0 Å². The van der Waals surface area contributed by atoms with Crippen LogP contribution in [0.3, 0.4) is 0 Å². The Balaban J connectivity index is 2.79. The highest BCUT2D eigenvalue weighted by atomic mass is 32.2. The lowest BCUT2D eigenvalue weighted by Gasteiger charge is -2.22. The van der Waals surface area contributed by atoms with Gasteiger partial charge in [0.15, 0.2) is 0 Å². The largest absolute Gasteiger partial charge is 0.240 e. The van der Waals surface area contributed by atoms with Crippen LogP contribution in [0.15, 0.2) is 29.2 Å². The highest BCUT2D eigenvalue weighted by molar-refractivity contribution is 7.89. The van der Waals surface area contributed by atoms with Crippen LogP contribution < -0.4 is 4.72 Å². The van der Waals surface area contributed by atoms with E-state index in [0.29, 0.717) is 4.90 Å². The summed E-state index contributed by atoms with van der Waals surface area (Å²) < 4.78 is 27.0. The fraction of sp³-hybridized carbons (Fsp3) is 0.538. The van der Waals surface area contributed by atoms with Gasteiger partial charge in [-0.05, 0) is 32.0 Å². The van der Waals surface area contributed by atoms with E-state index in [1.165, 1.54) is 0 Å². The molecule has 3 nitrogen and oxygen atoms in total. The van der Waals surface area contributed by atoms with Crippen molar-refractivity contribution in [2.75, 3.05) is 0 Å². The summed E-state index contributed by atoms with van der Waals surface area (Å²) in [6, 6.07) is 7.87. The molecule has 1 atom stereocenters. The Hall–Kier alpha value is -0.653. The van der Waals surface area contributed by atoms with Crippen molar-refractivity contribution in [3.05, 3.63) is 29.8 Å². The van der Waals surface area contributed by atoms with E-state index in [4.69, 9.17) is 0 Å². The summed E-state index contributed by atoms with van der Waals surface area (Å²) >= 11 is 0. The molecule has 1 aromatic carbocycles. The lowest BCUT2D eigenvalue weighted by Crippen LogP contribution is -2.38. The molecular weight excluding hydrogens is 262 g/mol. The van der Waals surface area contributed by atoms with E-state index in [9.17, 15) is 8.42 Å². The van der Waals surface area contributed by atoms with Crippen LogP contribution in [0.5, 0.6) is 0 Å². The lowest BCUT2D eigenvalue weighted by atomic mass is 10.2. The average Bonchev–Trinajstić information content (AvgIpc) is 2.13. The van der Waals surface area contributed by atoms with Gasteiger partial charge in [-0.1, -0.05) is 37.3 Å². The smallest absolute Gasteiger partial charge is 0.209 e. The van der Waals surface area contributed by atoms with Crippen LogP contribution in [0.4, 0.5) is 0 Å². The Morgan fingerprint density at radius 3 is 2.11 bits per heavy atom. The molecule has 0 saturated heterocycles. The molecule has 0 aliphatic carbocycles. The standard InChI is InChI=1S/C13H23NO2SSi/c1-11-6-8-13(9-7-11)17(15,16)14-12(2)10-18(3,4)5/h6-9,12,14H,10H2,1-5H3. The fourth-order valence-corrected chi connectivity index (χ4v) is 5.34. The molecule has 0 heterocycles. The molecule has 102 valence electrons. The second kappa shape index (κ2) is 5.55. The van der Waals surface area contributed by atoms with Crippen LogP contribution in [0.1, 0.15) is 12.5 Å². The highest BCUT2D eigenvalue weighted by Crippen LogP contribution is 2.15. The van der Waals surface area contributed by atoms with Crippen LogP contribution in [0.25, 0.3) is 0 Å². The van der Waals surface area contributed by atoms with E-state index in [1.54, 1.807) is 12.1 Å². The summed E-state index contributed by atoms with van der Waals surface area (Å²) in [5.74, 6) is 0. The molecule has 5 heteroatoms. The van der Waals surface area contributed by atoms with Crippen molar-refractivity contribution in [3.8, 4) is 0 Å². The van der Waals surface area contributed by atoms with Gasteiger partial charge in [-0.15, -0.1) is 0 Å². The number of sulfonamides is 1. The van der Waals surface area contributed by atoms with Gasteiger partial charge in [-0.25, -0.2) is 13.1 Å². The summed E-state index contributed by atoms with van der Waals surface area (Å²) in [5.41, 5.74) is 1.06. The summed E-state index contributed by atoms with van der Waals surface area (Å²) in [6.45, 7) is 10.6. The van der Waals surface area contributed by atoms with Crippen molar-refractivity contribution in [3.63, 3.8) is 0 Å². The van der Waals surface area contributed by atoms with Crippen molar-refractivity contribution in [2.24, 2.45) is 0 Å². The molecule has 0 radical (unpaired) electrons. The topological polar surface area (TPSA) is 46.2 Å². The van der Waals surface area contributed by atoms with Gasteiger partial charge < -0.3 is 0 Å². The second-order valence-corrected chi connectivity index (χ2v) is 13.3. The van der Waals surface area contributed by atoms with E-state index in [2.05, 4.69) is 24.4 Å². The van der Waals surface area contributed by atoms with Crippen LogP contribution in [0.2, 0.25) is 25.7 Å². The minimum atomic E-state index is -3.38. The van der Waals surface area contributed by atoms with Gasteiger partial charge in [0.1, 0.15) is 0 Å². The maximum absolute atomic E-state index is 12.1. The molecule has 0 amide bonds. The average molecular weight is 285 g/mol. The zero-order chi connectivity index (χ0) is 14.0. The molecule has 0 aliphatic heterocycles. The zero-order valence-corrected chi connectivity index (χ0v) is 13.6. The van der Waals surface area contributed by atoms with Crippen molar-refractivity contribution < 1.29 is 8.42 Å². The first-order valence-corrected chi connectivity index (χ1v) is 11.4. The van der Waals surface area contributed by atoms with Crippen LogP contribution in [0, 0.1) is 6.92 Å². The summed E-state index contributed by atoms with van der Waals surface area (Å²) in [6.07, 6.45) is 0. The summed E-state index contributed by atoms with van der Waals surface area (Å²) in [5, 5.41) is 0. The zero-order valence-electron chi connectivity index (χ0n) is 11.8. The number of aryl methyl sites for hydroxylation is 1. The molecule has 18 heavy (non-hydrogen) atoms. The minimum Gasteiger partial charge on any atom is -0.209 e. The quantitative estimate of drug-likeness (QED) is 0.845. The van der Waals surface area contributed by atoms with Gasteiger partial charge in [0, 0.05) is 14.1 Å². The second-order valence-electron chi connectivity index (χ2n) is 6.10. The Bertz CT molecular complexity index is 489. The molecule has 0 saturated carbocycles. The van der Waals surface area contributed by atoms with Gasteiger partial charge in [0.2, 0.25) is 10.0 Å².